The molecule has 0 atom stereocenters. The van der Waals surface area contributed by atoms with Crippen LogP contribution >= 0.6 is 0 Å². The Morgan fingerprint density at radius 1 is 1.17 bits per heavy atom. The third kappa shape index (κ3) is 5.37. The highest BCUT2D eigenvalue weighted by atomic mass is 16.5. The molecule has 0 spiro atoms. The van der Waals surface area contributed by atoms with Crippen LogP contribution in [0.25, 0.3) is 6.08 Å². The fourth-order valence-electron chi connectivity index (χ4n) is 3.47. The molecule has 0 unspecified atom stereocenters. The Hall–Kier alpha value is -3.35. The van der Waals surface area contributed by atoms with Gasteiger partial charge in [0.15, 0.2) is 0 Å². The molecule has 2 aromatic rings. The van der Waals surface area contributed by atoms with E-state index in [2.05, 4.69) is 5.32 Å². The largest absolute Gasteiger partial charge is 0.462 e. The molecule has 0 aliphatic carbocycles. The van der Waals surface area contributed by atoms with Crippen LogP contribution in [0.15, 0.2) is 30.3 Å². The van der Waals surface area contributed by atoms with E-state index in [1.165, 1.54) is 6.08 Å². The van der Waals surface area contributed by atoms with Crippen LogP contribution in [0, 0.1) is 13.8 Å². The summed E-state index contributed by atoms with van der Waals surface area (Å²) in [7, 11) is 0. The summed E-state index contributed by atoms with van der Waals surface area (Å²) in [6.45, 7) is 8.97. The van der Waals surface area contributed by atoms with Crippen molar-refractivity contribution in [2.75, 3.05) is 13.2 Å². The number of aromatic nitrogens is 1. The second-order valence-electron chi connectivity index (χ2n) is 6.86. The van der Waals surface area contributed by atoms with Crippen LogP contribution in [-0.4, -0.2) is 35.5 Å². The summed E-state index contributed by atoms with van der Waals surface area (Å²) in [6, 6.07) is 7.01. The number of hydrogen-bond acceptors (Lipinski definition) is 4. The number of primary amides is 1. The van der Waals surface area contributed by atoms with E-state index >= 15 is 0 Å². The number of nitrogens with two attached hydrogens (primary N) is 1. The maximum Gasteiger partial charge on any atom is 0.340 e. The third-order valence-corrected chi connectivity index (χ3v) is 4.95. The van der Waals surface area contributed by atoms with Gasteiger partial charge in [0, 0.05) is 41.7 Å². The van der Waals surface area contributed by atoms with E-state index in [1.54, 1.807) is 31.2 Å². The normalized spacial score (nSPS) is 10.9. The first kappa shape index (κ1) is 22.9. The molecule has 7 heteroatoms. The summed E-state index contributed by atoms with van der Waals surface area (Å²) in [5, 5.41) is 2.81. The van der Waals surface area contributed by atoms with E-state index in [9.17, 15) is 14.4 Å². The highest BCUT2D eigenvalue weighted by molar-refractivity contribution is 5.98. The Bertz CT molecular complexity index is 973. The number of rotatable bonds is 9. The van der Waals surface area contributed by atoms with Gasteiger partial charge in [-0.15, -0.1) is 0 Å². The van der Waals surface area contributed by atoms with Gasteiger partial charge in [-0.1, -0.05) is 12.1 Å². The summed E-state index contributed by atoms with van der Waals surface area (Å²) >= 11 is 0. The van der Waals surface area contributed by atoms with Crippen LogP contribution in [0.5, 0.6) is 0 Å². The topological polar surface area (TPSA) is 103 Å². The monoisotopic (exact) mass is 411 g/mol. The molecule has 2 rings (SSSR count). The van der Waals surface area contributed by atoms with Gasteiger partial charge in [0.05, 0.1) is 12.2 Å². The molecule has 1 aromatic carbocycles. The number of nitrogens with zero attached hydrogens (tertiary/aromatic N) is 1. The lowest BCUT2D eigenvalue weighted by atomic mass is 10.1. The Labute approximate surface area is 176 Å². The summed E-state index contributed by atoms with van der Waals surface area (Å²) < 4.78 is 7.21. The van der Waals surface area contributed by atoms with Crippen LogP contribution in [0.1, 0.15) is 57.1 Å². The highest BCUT2D eigenvalue weighted by Gasteiger charge is 2.22. The number of carbonyl (C=O) groups excluding carboxylic acids is 3. The molecule has 0 aliphatic heterocycles. The molecule has 0 saturated heterocycles. The molecule has 2 amide bonds. The summed E-state index contributed by atoms with van der Waals surface area (Å²) in [5.74, 6) is -1.14. The summed E-state index contributed by atoms with van der Waals surface area (Å²) in [4.78, 5) is 35.9. The van der Waals surface area contributed by atoms with Gasteiger partial charge in [-0.25, -0.2) is 4.79 Å². The summed E-state index contributed by atoms with van der Waals surface area (Å²) in [6.07, 6.45) is 3.65. The number of benzene rings is 1. The lowest BCUT2D eigenvalue weighted by molar-refractivity contribution is -0.116. The van der Waals surface area contributed by atoms with Crippen molar-refractivity contribution in [2.45, 2.75) is 40.7 Å². The first-order valence-corrected chi connectivity index (χ1v) is 10.0. The van der Waals surface area contributed by atoms with E-state index in [0.29, 0.717) is 36.2 Å². The zero-order chi connectivity index (χ0) is 22.3. The molecule has 1 heterocycles. The fraction of sp³-hybridized carbons (Fsp3) is 0.348. The van der Waals surface area contributed by atoms with E-state index in [1.807, 2.05) is 31.4 Å². The van der Waals surface area contributed by atoms with Crippen LogP contribution in [0.4, 0.5) is 0 Å². The average molecular weight is 412 g/mol. The molecule has 0 aliphatic rings. The maximum absolute atomic E-state index is 12.4. The van der Waals surface area contributed by atoms with Crippen molar-refractivity contribution in [3.63, 3.8) is 0 Å². The van der Waals surface area contributed by atoms with Crippen molar-refractivity contribution in [2.24, 2.45) is 5.73 Å². The van der Waals surface area contributed by atoms with Crippen molar-refractivity contribution >= 4 is 23.9 Å². The quantitative estimate of drug-likeness (QED) is 0.489. The molecule has 1 aromatic heterocycles. The molecule has 30 heavy (non-hydrogen) atoms. The SMILES string of the molecule is CCOC(=O)c1c(/C=C/C(=O)NCCc2cccc(C(N)=O)c2)c(C)n(CC)c1C. The van der Waals surface area contributed by atoms with Crippen LogP contribution in [-0.2, 0) is 22.5 Å². The number of carbonyl (C=O) groups is 3. The van der Waals surface area contributed by atoms with Gasteiger partial charge in [-0.2, -0.15) is 0 Å². The molecule has 3 N–H and O–H groups in total. The Kier molecular flexibility index (Phi) is 7.98. The Morgan fingerprint density at radius 2 is 1.90 bits per heavy atom. The third-order valence-electron chi connectivity index (χ3n) is 4.95. The van der Waals surface area contributed by atoms with Gasteiger partial charge >= 0.3 is 5.97 Å². The van der Waals surface area contributed by atoms with Crippen LogP contribution in [0.2, 0.25) is 0 Å². The number of nitrogens with one attached hydrogen (secondary N) is 1. The maximum atomic E-state index is 12.4. The van der Waals surface area contributed by atoms with Crippen molar-refractivity contribution in [3.05, 3.63) is 64.0 Å². The van der Waals surface area contributed by atoms with Gasteiger partial charge in [0.1, 0.15) is 0 Å². The molecule has 0 radical (unpaired) electrons. The summed E-state index contributed by atoms with van der Waals surface area (Å²) in [5.41, 5.74) is 9.55. The van der Waals surface area contributed by atoms with Gasteiger partial charge in [-0.3, -0.25) is 9.59 Å². The zero-order valence-electron chi connectivity index (χ0n) is 18.0. The van der Waals surface area contributed by atoms with Gasteiger partial charge in [-0.05, 0) is 57.9 Å². The minimum atomic E-state index is -0.481. The zero-order valence-corrected chi connectivity index (χ0v) is 18.0. The predicted molar refractivity (Wildman–Crippen MR) is 116 cm³/mol. The lowest BCUT2D eigenvalue weighted by Crippen LogP contribution is -2.23. The highest BCUT2D eigenvalue weighted by Crippen LogP contribution is 2.24. The van der Waals surface area contributed by atoms with E-state index in [-0.39, 0.29) is 18.5 Å². The second-order valence-corrected chi connectivity index (χ2v) is 6.86. The fourth-order valence-corrected chi connectivity index (χ4v) is 3.47. The van der Waals surface area contributed by atoms with Crippen molar-refractivity contribution < 1.29 is 19.1 Å². The number of hydrogen-bond donors (Lipinski definition) is 2. The molecule has 0 bridgehead atoms. The first-order chi connectivity index (χ1) is 14.3. The van der Waals surface area contributed by atoms with Crippen molar-refractivity contribution in [1.29, 1.82) is 0 Å². The minimum absolute atomic E-state index is 0.267. The molecular formula is C23H29N3O4. The van der Waals surface area contributed by atoms with Gasteiger partial charge in [0.2, 0.25) is 11.8 Å². The van der Waals surface area contributed by atoms with Gasteiger partial charge in [0.25, 0.3) is 0 Å². The predicted octanol–water partition coefficient (Wildman–Crippen LogP) is 2.77. The molecule has 0 saturated carbocycles. The molecular weight excluding hydrogens is 382 g/mol. The lowest BCUT2D eigenvalue weighted by Gasteiger charge is -2.05. The van der Waals surface area contributed by atoms with E-state index in [0.717, 1.165) is 17.0 Å². The number of amides is 2. The first-order valence-electron chi connectivity index (χ1n) is 10.0. The van der Waals surface area contributed by atoms with Crippen LogP contribution < -0.4 is 11.1 Å². The number of esters is 1. The minimum Gasteiger partial charge on any atom is -0.462 e. The Morgan fingerprint density at radius 3 is 2.53 bits per heavy atom. The van der Waals surface area contributed by atoms with Gasteiger partial charge < -0.3 is 20.4 Å². The molecule has 0 fully saturated rings. The van der Waals surface area contributed by atoms with Crippen LogP contribution in [0.3, 0.4) is 0 Å². The van der Waals surface area contributed by atoms with E-state index in [4.69, 9.17) is 10.5 Å². The Balaban J connectivity index is 2.08. The van der Waals surface area contributed by atoms with E-state index < -0.39 is 5.91 Å². The van der Waals surface area contributed by atoms with Crippen molar-refractivity contribution in [3.8, 4) is 0 Å². The standard InChI is InChI=1S/C23H29N3O4/c1-5-26-15(3)19(21(16(26)4)23(29)30-6-2)10-11-20(27)25-13-12-17-8-7-9-18(14-17)22(24)28/h7-11,14H,5-6,12-13H2,1-4H3,(H2,24,28)(H,25,27)/b11-10+. The smallest absolute Gasteiger partial charge is 0.340 e. The number of ether oxygens (including phenoxy) is 1. The molecule has 160 valence electrons. The second kappa shape index (κ2) is 10.4. The molecule has 7 nitrogen and oxygen atoms in total. The van der Waals surface area contributed by atoms with Crippen molar-refractivity contribution in [1.82, 2.24) is 9.88 Å². The average Bonchev–Trinajstić information content (AvgIpc) is 2.95.